The molecule has 1 amide bonds. The minimum Gasteiger partial charge on any atom is -0.366 e. The second-order valence-electron chi connectivity index (χ2n) is 9.26. The molecular formula is C29H31ClFN3O. The van der Waals surface area contributed by atoms with Crippen molar-refractivity contribution >= 4 is 29.2 Å². The van der Waals surface area contributed by atoms with Crippen molar-refractivity contribution in [1.82, 2.24) is 9.88 Å². The number of aromatic amines is 1. The molecule has 1 aliphatic rings. The number of amides is 1. The van der Waals surface area contributed by atoms with Crippen LogP contribution in [0.5, 0.6) is 0 Å². The number of aromatic nitrogens is 1. The third-order valence-corrected chi connectivity index (χ3v) is 7.10. The maximum absolute atomic E-state index is 14.0. The van der Waals surface area contributed by atoms with Crippen LogP contribution in [0.25, 0.3) is 22.0 Å². The molecule has 0 saturated carbocycles. The molecule has 1 saturated heterocycles. The zero-order valence-electron chi connectivity index (χ0n) is 19.7. The minimum atomic E-state index is -0.395. The second-order valence-corrected chi connectivity index (χ2v) is 9.26. The van der Waals surface area contributed by atoms with Crippen LogP contribution in [0.1, 0.15) is 46.7 Å². The van der Waals surface area contributed by atoms with Crippen molar-refractivity contribution in [1.29, 1.82) is 0 Å². The summed E-state index contributed by atoms with van der Waals surface area (Å²) in [5.41, 5.74) is 11.6. The molecule has 3 N–H and O–H groups in total. The number of nitrogens with one attached hydrogen (secondary N) is 1. The van der Waals surface area contributed by atoms with Crippen LogP contribution in [0.3, 0.4) is 0 Å². The Balaban J connectivity index is 0.00000289. The molecule has 6 heteroatoms. The van der Waals surface area contributed by atoms with Crippen LogP contribution < -0.4 is 5.73 Å². The van der Waals surface area contributed by atoms with Gasteiger partial charge in [-0.1, -0.05) is 36.4 Å². The highest BCUT2D eigenvalue weighted by Crippen LogP contribution is 2.36. The fraction of sp³-hybridized carbons (Fsp3) is 0.276. The third kappa shape index (κ3) is 5.58. The molecule has 0 atom stereocenters. The zero-order valence-corrected chi connectivity index (χ0v) is 20.5. The van der Waals surface area contributed by atoms with Gasteiger partial charge in [-0.25, -0.2) is 4.39 Å². The summed E-state index contributed by atoms with van der Waals surface area (Å²) in [6, 6.07) is 21.0. The predicted molar refractivity (Wildman–Crippen MR) is 143 cm³/mol. The molecule has 1 aromatic heterocycles. The van der Waals surface area contributed by atoms with E-state index >= 15 is 0 Å². The van der Waals surface area contributed by atoms with E-state index in [1.54, 1.807) is 18.2 Å². The number of hydrogen-bond acceptors (Lipinski definition) is 2. The second kappa shape index (κ2) is 11.1. The molecule has 0 unspecified atom stereocenters. The van der Waals surface area contributed by atoms with Crippen molar-refractivity contribution in [2.24, 2.45) is 5.73 Å². The van der Waals surface area contributed by atoms with Gasteiger partial charge in [0, 0.05) is 22.7 Å². The summed E-state index contributed by atoms with van der Waals surface area (Å²) in [5.74, 6) is -0.123. The molecule has 5 rings (SSSR count). The average molecular weight is 492 g/mol. The molecule has 4 aromatic rings. The first-order chi connectivity index (χ1) is 16.6. The summed E-state index contributed by atoms with van der Waals surface area (Å²) in [6.45, 7) is 3.15. The van der Waals surface area contributed by atoms with Gasteiger partial charge < -0.3 is 15.6 Å². The van der Waals surface area contributed by atoms with Gasteiger partial charge in [-0.2, -0.15) is 0 Å². The van der Waals surface area contributed by atoms with E-state index in [0.717, 1.165) is 67.3 Å². The fourth-order valence-corrected chi connectivity index (χ4v) is 5.25. The smallest absolute Gasteiger partial charge is 0.248 e. The average Bonchev–Trinajstić information content (AvgIpc) is 3.27. The van der Waals surface area contributed by atoms with Crippen LogP contribution in [-0.2, 0) is 6.42 Å². The number of carbonyl (C=O) groups excluding carboxylic acids is 1. The number of piperidine rings is 1. The van der Waals surface area contributed by atoms with E-state index in [1.807, 2.05) is 42.6 Å². The van der Waals surface area contributed by atoms with Crippen molar-refractivity contribution in [3.63, 3.8) is 0 Å². The first-order valence-corrected chi connectivity index (χ1v) is 12.1. The van der Waals surface area contributed by atoms with Crippen LogP contribution in [0.15, 0.2) is 72.9 Å². The topological polar surface area (TPSA) is 62.1 Å². The highest BCUT2D eigenvalue weighted by Gasteiger charge is 2.23. The lowest BCUT2D eigenvalue weighted by Crippen LogP contribution is -2.34. The Kier molecular flexibility index (Phi) is 7.89. The van der Waals surface area contributed by atoms with Gasteiger partial charge in [-0.05, 0) is 104 Å². The molecule has 1 fully saturated rings. The van der Waals surface area contributed by atoms with Gasteiger partial charge in [0.1, 0.15) is 5.82 Å². The molecule has 3 aromatic carbocycles. The Bertz CT molecular complexity index is 1300. The maximum atomic E-state index is 14.0. The van der Waals surface area contributed by atoms with Crippen molar-refractivity contribution in [2.45, 2.75) is 31.6 Å². The standard InChI is InChI=1S/C29H30FN3O.ClH/c30-24-9-10-25(26(18-24)20-5-2-1-3-6-20)21-12-15-33(16-13-21)14-4-7-23-19-32-28-11-8-22(29(31)34)17-27(23)28;/h1-3,5-6,8-11,17-19,21,32H,4,7,12-16H2,(H2,31,34);1H. The number of rotatable bonds is 7. The molecule has 4 nitrogen and oxygen atoms in total. The summed E-state index contributed by atoms with van der Waals surface area (Å²) < 4.78 is 14.0. The molecule has 1 aliphatic heterocycles. The lowest BCUT2D eigenvalue weighted by molar-refractivity contribution is 0.100. The number of benzene rings is 3. The number of fused-ring (bicyclic) bond motifs is 1. The van der Waals surface area contributed by atoms with Crippen molar-refractivity contribution < 1.29 is 9.18 Å². The summed E-state index contributed by atoms with van der Waals surface area (Å²) in [6.07, 6.45) is 6.23. The number of nitrogens with zero attached hydrogens (tertiary/aromatic N) is 1. The first kappa shape index (κ1) is 25.0. The Labute approximate surface area is 211 Å². The Morgan fingerprint density at radius 3 is 2.54 bits per heavy atom. The highest BCUT2D eigenvalue weighted by atomic mass is 35.5. The predicted octanol–water partition coefficient (Wildman–Crippen LogP) is 6.31. The van der Waals surface area contributed by atoms with E-state index in [-0.39, 0.29) is 18.2 Å². The first-order valence-electron chi connectivity index (χ1n) is 12.1. The molecule has 182 valence electrons. The van der Waals surface area contributed by atoms with Crippen LogP contribution in [0, 0.1) is 5.82 Å². The Morgan fingerprint density at radius 2 is 1.80 bits per heavy atom. The number of likely N-dealkylation sites (tertiary alicyclic amines) is 1. The normalized spacial score (nSPS) is 14.7. The van der Waals surface area contributed by atoms with E-state index in [9.17, 15) is 9.18 Å². The summed E-state index contributed by atoms with van der Waals surface area (Å²) in [5, 5.41) is 1.08. The van der Waals surface area contributed by atoms with Crippen molar-refractivity contribution in [2.75, 3.05) is 19.6 Å². The van der Waals surface area contributed by atoms with Gasteiger partial charge in [0.2, 0.25) is 5.91 Å². The molecular weight excluding hydrogens is 461 g/mol. The minimum absolute atomic E-state index is 0. The van der Waals surface area contributed by atoms with Gasteiger partial charge in [0.15, 0.2) is 0 Å². The number of halogens is 2. The van der Waals surface area contributed by atoms with Gasteiger partial charge in [0.05, 0.1) is 0 Å². The van der Waals surface area contributed by atoms with Crippen molar-refractivity contribution in [3.8, 4) is 11.1 Å². The molecule has 0 spiro atoms. The number of nitrogens with two attached hydrogens (primary N) is 1. The number of aryl methyl sites for hydroxylation is 1. The van der Waals surface area contributed by atoms with E-state index in [2.05, 4.69) is 22.0 Å². The number of carbonyl (C=O) groups is 1. The number of H-pyrrole nitrogens is 1. The third-order valence-electron chi connectivity index (χ3n) is 7.10. The van der Waals surface area contributed by atoms with Crippen LogP contribution in [-0.4, -0.2) is 35.4 Å². The summed E-state index contributed by atoms with van der Waals surface area (Å²) in [4.78, 5) is 17.4. The van der Waals surface area contributed by atoms with E-state index in [1.165, 1.54) is 11.1 Å². The van der Waals surface area contributed by atoms with Gasteiger partial charge >= 0.3 is 0 Å². The van der Waals surface area contributed by atoms with E-state index < -0.39 is 5.91 Å². The lowest BCUT2D eigenvalue weighted by atomic mass is 9.84. The number of primary amides is 1. The number of hydrogen-bond donors (Lipinski definition) is 2. The van der Waals surface area contributed by atoms with E-state index in [4.69, 9.17) is 5.73 Å². The highest BCUT2D eigenvalue weighted by molar-refractivity contribution is 5.97. The lowest BCUT2D eigenvalue weighted by Gasteiger charge is -2.33. The van der Waals surface area contributed by atoms with E-state index in [0.29, 0.717) is 11.5 Å². The van der Waals surface area contributed by atoms with Crippen LogP contribution >= 0.6 is 12.4 Å². The Hall–Kier alpha value is -3.15. The monoisotopic (exact) mass is 491 g/mol. The fourth-order valence-electron chi connectivity index (χ4n) is 5.25. The van der Waals surface area contributed by atoms with Crippen molar-refractivity contribution in [3.05, 3.63) is 95.4 Å². The quantitative estimate of drug-likeness (QED) is 0.318. The van der Waals surface area contributed by atoms with Gasteiger partial charge in [-0.3, -0.25) is 4.79 Å². The summed E-state index contributed by atoms with van der Waals surface area (Å²) in [7, 11) is 0. The molecule has 0 bridgehead atoms. The summed E-state index contributed by atoms with van der Waals surface area (Å²) >= 11 is 0. The molecule has 2 heterocycles. The maximum Gasteiger partial charge on any atom is 0.248 e. The van der Waals surface area contributed by atoms with Crippen LogP contribution in [0.4, 0.5) is 4.39 Å². The van der Waals surface area contributed by atoms with Gasteiger partial charge in [-0.15, -0.1) is 12.4 Å². The molecule has 0 aliphatic carbocycles. The molecule has 35 heavy (non-hydrogen) atoms. The zero-order chi connectivity index (χ0) is 23.5. The van der Waals surface area contributed by atoms with Gasteiger partial charge in [0.25, 0.3) is 0 Å². The SMILES string of the molecule is Cl.NC(=O)c1ccc2[nH]cc(CCCN3CCC(c4ccc(F)cc4-c4ccccc4)CC3)c2c1. The largest absolute Gasteiger partial charge is 0.366 e. The molecule has 0 radical (unpaired) electrons. The Morgan fingerprint density at radius 1 is 1.03 bits per heavy atom. The van der Waals surface area contributed by atoms with Crippen LogP contribution in [0.2, 0.25) is 0 Å².